The average Bonchev–Trinajstić information content (AvgIpc) is 3.44. The van der Waals surface area contributed by atoms with E-state index in [0.717, 1.165) is 43.9 Å². The summed E-state index contributed by atoms with van der Waals surface area (Å²) in [6.45, 7) is 0. The Hall–Kier alpha value is -3.33. The van der Waals surface area contributed by atoms with Crippen LogP contribution in [0.1, 0.15) is 43.2 Å². The first kappa shape index (κ1) is 23.4. The van der Waals surface area contributed by atoms with Crippen molar-refractivity contribution in [2.24, 2.45) is 4.99 Å². The SMILES string of the molecule is O=C1/C(=C/c2cnn(-c3ccccc3C(F)(F)F)c2)SC(=Nc2ccccc2)N1C1CCCCC1. The summed E-state index contributed by atoms with van der Waals surface area (Å²) in [5.41, 5.74) is 0.475. The van der Waals surface area contributed by atoms with Gasteiger partial charge in [0.1, 0.15) is 0 Å². The lowest BCUT2D eigenvalue weighted by Crippen LogP contribution is -2.40. The summed E-state index contributed by atoms with van der Waals surface area (Å²) < 4.78 is 41.5. The van der Waals surface area contributed by atoms with Gasteiger partial charge in [0.2, 0.25) is 0 Å². The zero-order chi connectivity index (χ0) is 24.4. The number of hydrogen-bond acceptors (Lipinski definition) is 4. The molecule has 1 aromatic heterocycles. The van der Waals surface area contributed by atoms with E-state index >= 15 is 0 Å². The summed E-state index contributed by atoms with van der Waals surface area (Å²) in [5, 5.41) is 4.76. The number of thioether (sulfide) groups is 1. The van der Waals surface area contributed by atoms with Crippen molar-refractivity contribution >= 4 is 34.6 Å². The second-order valence-corrected chi connectivity index (χ2v) is 9.55. The number of amides is 1. The third-order valence-electron chi connectivity index (χ3n) is 6.11. The standard InChI is InChI=1S/C26H23F3N4OS/c27-26(28,29)21-13-7-8-14-22(21)32-17-18(16-30-32)15-23-24(34)33(20-11-5-2-6-12-20)25(35-23)31-19-9-3-1-4-10-19/h1,3-4,7-10,13-17,20H,2,5-6,11-12H2/b23-15-,31-25?. The van der Waals surface area contributed by atoms with Crippen molar-refractivity contribution in [1.82, 2.24) is 14.7 Å². The Kier molecular flexibility index (Phi) is 6.51. The van der Waals surface area contributed by atoms with Crippen LogP contribution in [0, 0.1) is 0 Å². The Bertz CT molecular complexity index is 1280. The van der Waals surface area contributed by atoms with E-state index in [1.165, 1.54) is 47.0 Å². The van der Waals surface area contributed by atoms with E-state index < -0.39 is 11.7 Å². The van der Waals surface area contributed by atoms with Crippen molar-refractivity contribution in [3.63, 3.8) is 0 Å². The Labute approximate surface area is 205 Å². The van der Waals surface area contributed by atoms with E-state index in [1.54, 1.807) is 11.0 Å². The maximum atomic E-state index is 13.5. The van der Waals surface area contributed by atoms with Crippen LogP contribution >= 0.6 is 11.8 Å². The van der Waals surface area contributed by atoms with E-state index in [0.29, 0.717) is 15.6 Å². The zero-order valence-corrected chi connectivity index (χ0v) is 19.6. The number of rotatable bonds is 4. The van der Waals surface area contributed by atoms with Gasteiger partial charge in [-0.3, -0.25) is 9.69 Å². The minimum atomic E-state index is -4.50. The molecule has 2 heterocycles. The van der Waals surface area contributed by atoms with Crippen LogP contribution in [0.25, 0.3) is 11.8 Å². The van der Waals surface area contributed by atoms with Gasteiger partial charge in [-0.2, -0.15) is 18.3 Å². The molecule has 0 unspecified atom stereocenters. The molecule has 9 heteroatoms. The summed E-state index contributed by atoms with van der Waals surface area (Å²) in [7, 11) is 0. The Morgan fingerprint density at radius 1 is 1.00 bits per heavy atom. The number of alkyl halides is 3. The fourth-order valence-corrected chi connectivity index (χ4v) is 5.51. The first-order valence-corrected chi connectivity index (χ1v) is 12.3. The lowest BCUT2D eigenvalue weighted by molar-refractivity contribution is -0.137. The van der Waals surface area contributed by atoms with E-state index in [2.05, 4.69) is 5.10 Å². The monoisotopic (exact) mass is 496 g/mol. The minimum Gasteiger partial charge on any atom is -0.283 e. The number of aliphatic imine (C=N–C) groups is 1. The van der Waals surface area contributed by atoms with Gasteiger partial charge < -0.3 is 0 Å². The first-order valence-electron chi connectivity index (χ1n) is 11.5. The van der Waals surface area contributed by atoms with E-state index in [9.17, 15) is 18.0 Å². The zero-order valence-electron chi connectivity index (χ0n) is 18.8. The van der Waals surface area contributed by atoms with Gasteiger partial charge in [0.25, 0.3) is 5.91 Å². The van der Waals surface area contributed by atoms with Crippen LogP contribution in [0.2, 0.25) is 0 Å². The summed E-state index contributed by atoms with van der Waals surface area (Å²) in [4.78, 5) is 20.5. The van der Waals surface area contributed by atoms with Gasteiger partial charge in [-0.25, -0.2) is 9.67 Å². The molecule has 2 aromatic carbocycles. The molecule has 5 rings (SSSR count). The third-order valence-corrected chi connectivity index (χ3v) is 7.10. The van der Waals surface area contributed by atoms with Crippen molar-refractivity contribution in [3.05, 3.63) is 83.0 Å². The van der Waals surface area contributed by atoms with Crippen molar-refractivity contribution in [1.29, 1.82) is 0 Å². The van der Waals surface area contributed by atoms with E-state index in [1.807, 2.05) is 30.3 Å². The molecular formula is C26H23F3N4OS. The predicted octanol–water partition coefficient (Wildman–Crippen LogP) is 6.83. The van der Waals surface area contributed by atoms with Gasteiger partial charge in [0.15, 0.2) is 5.17 Å². The fraction of sp³-hybridized carbons (Fsp3) is 0.269. The van der Waals surface area contributed by atoms with Gasteiger partial charge in [-0.1, -0.05) is 49.6 Å². The maximum Gasteiger partial charge on any atom is 0.418 e. The third kappa shape index (κ3) is 5.05. The molecule has 2 aliphatic rings. The highest BCUT2D eigenvalue weighted by molar-refractivity contribution is 8.18. The van der Waals surface area contributed by atoms with Gasteiger partial charge >= 0.3 is 6.18 Å². The molecule has 35 heavy (non-hydrogen) atoms. The summed E-state index contributed by atoms with van der Waals surface area (Å²) in [5.74, 6) is -0.125. The number of aromatic nitrogens is 2. The van der Waals surface area contributed by atoms with Crippen LogP contribution in [0.5, 0.6) is 0 Å². The molecule has 0 spiro atoms. The molecule has 5 nitrogen and oxygen atoms in total. The number of amidine groups is 1. The van der Waals surface area contributed by atoms with Crippen molar-refractivity contribution in [2.75, 3.05) is 0 Å². The molecule has 1 saturated heterocycles. The first-order chi connectivity index (χ1) is 16.9. The molecule has 1 saturated carbocycles. The van der Waals surface area contributed by atoms with E-state index in [-0.39, 0.29) is 17.6 Å². The van der Waals surface area contributed by atoms with Gasteiger partial charge in [0, 0.05) is 17.8 Å². The highest BCUT2D eigenvalue weighted by Gasteiger charge is 2.39. The Morgan fingerprint density at radius 3 is 2.46 bits per heavy atom. The molecule has 0 atom stereocenters. The lowest BCUT2D eigenvalue weighted by Gasteiger charge is -2.30. The van der Waals surface area contributed by atoms with Crippen LogP contribution in [-0.4, -0.2) is 31.8 Å². The number of para-hydroxylation sites is 2. The van der Waals surface area contributed by atoms with Crippen LogP contribution < -0.4 is 0 Å². The molecule has 1 amide bonds. The largest absolute Gasteiger partial charge is 0.418 e. The summed E-state index contributed by atoms with van der Waals surface area (Å²) in [6, 6.07) is 14.9. The van der Waals surface area contributed by atoms with Gasteiger partial charge in [0.05, 0.1) is 28.0 Å². The van der Waals surface area contributed by atoms with Crippen LogP contribution in [0.3, 0.4) is 0 Å². The second kappa shape index (κ2) is 9.73. The molecule has 2 fully saturated rings. The normalized spacial score (nSPS) is 19.7. The number of hydrogen-bond donors (Lipinski definition) is 0. The smallest absolute Gasteiger partial charge is 0.283 e. The maximum absolute atomic E-state index is 13.5. The predicted molar refractivity (Wildman–Crippen MR) is 131 cm³/mol. The molecule has 0 bridgehead atoms. The van der Waals surface area contributed by atoms with Crippen molar-refractivity contribution in [2.45, 2.75) is 44.3 Å². The quantitative estimate of drug-likeness (QED) is 0.372. The molecular weight excluding hydrogens is 473 g/mol. The molecule has 0 radical (unpaired) electrons. The number of halogens is 3. The fourth-order valence-electron chi connectivity index (χ4n) is 4.45. The topological polar surface area (TPSA) is 50.5 Å². The van der Waals surface area contributed by atoms with Crippen molar-refractivity contribution < 1.29 is 18.0 Å². The summed E-state index contributed by atoms with van der Waals surface area (Å²) in [6.07, 6.45) is 5.31. The number of carbonyl (C=O) groups excluding carboxylic acids is 1. The lowest BCUT2D eigenvalue weighted by atomic mass is 9.94. The molecule has 1 aliphatic heterocycles. The van der Waals surface area contributed by atoms with Crippen LogP contribution in [-0.2, 0) is 11.0 Å². The van der Waals surface area contributed by atoms with Crippen LogP contribution in [0.15, 0.2) is 76.9 Å². The molecule has 3 aromatic rings. The highest BCUT2D eigenvalue weighted by Crippen LogP contribution is 2.39. The summed E-state index contributed by atoms with van der Waals surface area (Å²) >= 11 is 1.29. The highest BCUT2D eigenvalue weighted by atomic mass is 32.2. The van der Waals surface area contributed by atoms with E-state index in [4.69, 9.17) is 4.99 Å². The molecule has 180 valence electrons. The molecule has 0 N–H and O–H groups in total. The number of nitrogens with zero attached hydrogens (tertiary/aromatic N) is 4. The van der Waals surface area contributed by atoms with Gasteiger partial charge in [-0.15, -0.1) is 0 Å². The van der Waals surface area contributed by atoms with Crippen molar-refractivity contribution in [3.8, 4) is 5.69 Å². The Morgan fingerprint density at radius 2 is 1.71 bits per heavy atom. The number of carbonyl (C=O) groups is 1. The van der Waals surface area contributed by atoms with Gasteiger partial charge in [-0.05, 0) is 54.9 Å². The number of benzene rings is 2. The second-order valence-electron chi connectivity index (χ2n) is 8.54. The molecule has 1 aliphatic carbocycles. The minimum absolute atomic E-state index is 0.0646. The average molecular weight is 497 g/mol. The van der Waals surface area contributed by atoms with Crippen LogP contribution in [0.4, 0.5) is 18.9 Å². The Balaban J connectivity index is 1.47.